The minimum absolute atomic E-state index is 0.319. The first-order valence-electron chi connectivity index (χ1n) is 12.1. The fraction of sp³-hybridized carbons (Fsp3) is 0.241. The predicted molar refractivity (Wildman–Crippen MR) is 151 cm³/mol. The Labute approximate surface area is 223 Å². The number of rotatable bonds is 10. The molecule has 1 aliphatic carbocycles. The molecule has 1 saturated carbocycles. The zero-order valence-electron chi connectivity index (χ0n) is 20.2. The first kappa shape index (κ1) is 25.7. The number of aliphatic carboxylic acids is 1. The van der Waals surface area contributed by atoms with Crippen molar-refractivity contribution in [2.75, 3.05) is 5.75 Å². The largest absolute Gasteiger partial charge is 0.481 e. The Kier molecular flexibility index (Phi) is 7.26. The Bertz CT molecular complexity index is 1520. The van der Waals surface area contributed by atoms with Crippen molar-refractivity contribution in [2.24, 2.45) is 0 Å². The molecule has 1 aliphatic rings. The van der Waals surface area contributed by atoms with E-state index >= 15 is 0 Å². The van der Waals surface area contributed by atoms with Gasteiger partial charge in [-0.25, -0.2) is 0 Å². The summed E-state index contributed by atoms with van der Waals surface area (Å²) < 4.78 is 18.8. The van der Waals surface area contributed by atoms with E-state index in [1.807, 2.05) is 72.8 Å². The summed E-state index contributed by atoms with van der Waals surface area (Å²) in [6.45, 7) is 0. The molecule has 5 nitrogen and oxygen atoms in total. The van der Waals surface area contributed by atoms with E-state index in [1.165, 1.54) is 0 Å². The van der Waals surface area contributed by atoms with Crippen LogP contribution in [0.4, 0.5) is 0 Å². The third-order valence-electron chi connectivity index (χ3n) is 6.99. The van der Waals surface area contributed by atoms with Crippen LogP contribution in [-0.4, -0.2) is 26.2 Å². The zero-order chi connectivity index (χ0) is 26.0. The predicted octanol–water partition coefficient (Wildman–Crippen LogP) is 7.25. The topological polar surface area (TPSA) is 80.4 Å². The summed E-state index contributed by atoms with van der Waals surface area (Å²) in [5.74, 6) is 0.689. The molecule has 4 aromatic rings. The number of nitrogens with zero attached hydrogens (tertiary/aromatic N) is 1. The van der Waals surface area contributed by atoms with Gasteiger partial charge in [-0.1, -0.05) is 91.5 Å². The van der Waals surface area contributed by atoms with Crippen molar-refractivity contribution in [1.29, 1.82) is 0 Å². The summed E-state index contributed by atoms with van der Waals surface area (Å²) in [6, 6.07) is 23.4. The standard InChI is InChI=1S/C29H27ClNO4PS/c30-26-6-2-1-4-22(26)5-3-17-37(34,36)19-24-18-31-35-27(24)23-9-7-20(8-10-23)21-11-13-25(14-12-21)29(15-16-29)28(32)33/h1-2,4,6-14,18,36H,3,5,15-17,19H2,(H,32,33). The van der Waals surface area contributed by atoms with E-state index in [2.05, 4.69) is 13.2 Å². The van der Waals surface area contributed by atoms with Crippen molar-refractivity contribution >= 4 is 34.7 Å². The molecule has 1 unspecified atom stereocenters. The lowest BCUT2D eigenvalue weighted by Gasteiger charge is -2.11. The second-order valence-corrected chi connectivity index (χ2v) is 14.5. The summed E-state index contributed by atoms with van der Waals surface area (Å²) >= 11 is 6.24. The molecule has 0 radical (unpaired) electrons. The van der Waals surface area contributed by atoms with Crippen LogP contribution in [0.2, 0.25) is 5.02 Å². The first-order valence-corrected chi connectivity index (χ1v) is 15.6. The van der Waals surface area contributed by atoms with Gasteiger partial charge in [0.25, 0.3) is 0 Å². The van der Waals surface area contributed by atoms with Gasteiger partial charge in [-0.05, 0) is 63.1 Å². The SMILES string of the molecule is O=C(O)C1(c2ccc(-c3ccc(-c4oncc4CS(=O)(=P)CCCc4ccccc4Cl)cc3)cc2)CC1. The summed E-state index contributed by atoms with van der Waals surface area (Å²) in [5.41, 5.74) is 4.88. The number of aromatic nitrogens is 1. The van der Waals surface area contributed by atoms with Crippen molar-refractivity contribution in [2.45, 2.75) is 36.9 Å². The van der Waals surface area contributed by atoms with Crippen LogP contribution in [0.25, 0.3) is 22.5 Å². The summed E-state index contributed by atoms with van der Waals surface area (Å²) in [6.07, 6.45) is 4.52. The number of benzene rings is 3. The molecular formula is C29H27ClNO4PS. The molecule has 0 saturated heterocycles. The summed E-state index contributed by atoms with van der Waals surface area (Å²) in [7, 11) is 1.21. The Morgan fingerprint density at radius 1 is 0.973 bits per heavy atom. The van der Waals surface area contributed by atoms with Gasteiger partial charge in [0, 0.05) is 21.9 Å². The van der Waals surface area contributed by atoms with Gasteiger partial charge in [0.05, 0.1) is 17.4 Å². The maximum Gasteiger partial charge on any atom is 0.314 e. The third kappa shape index (κ3) is 5.67. The van der Waals surface area contributed by atoms with Crippen molar-refractivity contribution in [3.63, 3.8) is 0 Å². The molecule has 8 heteroatoms. The van der Waals surface area contributed by atoms with E-state index < -0.39 is 20.5 Å². The van der Waals surface area contributed by atoms with E-state index in [0.29, 0.717) is 30.1 Å². The summed E-state index contributed by atoms with van der Waals surface area (Å²) in [4.78, 5) is 11.6. The fourth-order valence-corrected chi connectivity index (χ4v) is 7.26. The highest BCUT2D eigenvalue weighted by Gasteiger charge is 2.51. The van der Waals surface area contributed by atoms with Crippen molar-refractivity contribution in [3.05, 3.63) is 101 Å². The molecule has 1 aromatic heterocycles. The monoisotopic (exact) mass is 551 g/mol. The van der Waals surface area contributed by atoms with Crippen LogP contribution >= 0.6 is 19.6 Å². The van der Waals surface area contributed by atoms with Gasteiger partial charge in [-0.3, -0.25) is 9.00 Å². The fourth-order valence-electron chi connectivity index (χ4n) is 4.67. The van der Waals surface area contributed by atoms with Gasteiger partial charge >= 0.3 is 5.97 Å². The molecular weight excluding hydrogens is 525 g/mol. The molecule has 0 bridgehead atoms. The number of carboxylic acid groups (broad SMARTS) is 1. The highest BCUT2D eigenvalue weighted by Crippen LogP contribution is 2.48. The lowest BCUT2D eigenvalue weighted by atomic mass is 9.93. The van der Waals surface area contributed by atoms with Crippen LogP contribution in [0.15, 0.2) is 83.5 Å². The quantitative estimate of drug-likeness (QED) is 0.210. The molecule has 5 rings (SSSR count). The normalized spacial score (nSPS) is 15.7. The number of carbonyl (C=O) groups is 1. The van der Waals surface area contributed by atoms with E-state index in [-0.39, 0.29) is 0 Å². The maximum atomic E-state index is 13.3. The molecule has 3 aromatic carbocycles. The van der Waals surface area contributed by atoms with E-state index in [9.17, 15) is 14.1 Å². The number of hydrogen-bond donors (Lipinski definition) is 1. The molecule has 0 amide bonds. The average Bonchev–Trinajstić information content (AvgIpc) is 3.59. The molecule has 190 valence electrons. The van der Waals surface area contributed by atoms with Crippen molar-refractivity contribution < 1.29 is 18.6 Å². The van der Waals surface area contributed by atoms with Gasteiger partial charge in [0.2, 0.25) is 0 Å². The summed E-state index contributed by atoms with van der Waals surface area (Å²) in [5, 5.41) is 14.2. The minimum atomic E-state index is -2.32. The Morgan fingerprint density at radius 2 is 1.59 bits per heavy atom. The highest BCUT2D eigenvalue weighted by atomic mass is 35.5. The molecule has 37 heavy (non-hydrogen) atoms. The Hall–Kier alpha value is -2.92. The molecule has 1 atom stereocenters. The van der Waals surface area contributed by atoms with Crippen LogP contribution in [0, 0.1) is 0 Å². The second kappa shape index (κ2) is 10.4. The second-order valence-electron chi connectivity index (χ2n) is 9.58. The van der Waals surface area contributed by atoms with Crippen molar-refractivity contribution in [1.82, 2.24) is 5.16 Å². The van der Waals surface area contributed by atoms with E-state index in [0.717, 1.165) is 51.2 Å². The highest BCUT2D eigenvalue weighted by molar-refractivity contribution is 8.20. The van der Waals surface area contributed by atoms with Crippen LogP contribution in [0.5, 0.6) is 0 Å². The zero-order valence-corrected chi connectivity index (χ0v) is 22.7. The van der Waals surface area contributed by atoms with Crippen molar-refractivity contribution in [3.8, 4) is 22.5 Å². The smallest absolute Gasteiger partial charge is 0.314 e. The number of halogens is 1. The van der Waals surface area contributed by atoms with E-state index in [4.69, 9.17) is 16.1 Å². The van der Waals surface area contributed by atoms with Gasteiger partial charge in [-0.15, -0.1) is 0 Å². The Balaban J connectivity index is 1.25. The molecule has 1 heterocycles. The number of aryl methyl sites for hydroxylation is 1. The average molecular weight is 552 g/mol. The van der Waals surface area contributed by atoms with Crippen LogP contribution in [-0.2, 0) is 31.5 Å². The van der Waals surface area contributed by atoms with Gasteiger partial charge in [0.1, 0.15) is 0 Å². The molecule has 0 aliphatic heterocycles. The number of hydrogen-bond acceptors (Lipinski definition) is 4. The van der Waals surface area contributed by atoms with Crippen LogP contribution < -0.4 is 0 Å². The Morgan fingerprint density at radius 3 is 2.22 bits per heavy atom. The lowest BCUT2D eigenvalue weighted by molar-refractivity contribution is -0.140. The number of carboxylic acids is 1. The molecule has 1 N–H and O–H groups in total. The van der Waals surface area contributed by atoms with Gasteiger partial charge in [0.15, 0.2) is 5.76 Å². The van der Waals surface area contributed by atoms with Gasteiger partial charge in [-0.2, -0.15) is 0 Å². The molecule has 0 spiro atoms. The van der Waals surface area contributed by atoms with Crippen LogP contribution in [0.3, 0.4) is 0 Å². The maximum absolute atomic E-state index is 13.3. The molecule has 1 fully saturated rings. The third-order valence-corrected chi connectivity index (χ3v) is 10.1. The minimum Gasteiger partial charge on any atom is -0.481 e. The lowest BCUT2D eigenvalue weighted by Crippen LogP contribution is -2.19. The van der Waals surface area contributed by atoms with E-state index in [1.54, 1.807) is 6.20 Å². The first-order chi connectivity index (χ1) is 17.8. The van der Waals surface area contributed by atoms with Gasteiger partial charge < -0.3 is 9.63 Å². The van der Waals surface area contributed by atoms with Crippen LogP contribution in [0.1, 0.15) is 36.0 Å².